The van der Waals surface area contributed by atoms with E-state index in [1.54, 1.807) is 7.11 Å². The largest absolute Gasteiger partial charge is 0.497 e. The summed E-state index contributed by atoms with van der Waals surface area (Å²) in [6.45, 7) is 6.83. The van der Waals surface area contributed by atoms with E-state index in [0.29, 0.717) is 18.4 Å². The van der Waals surface area contributed by atoms with E-state index in [1.165, 1.54) is 12.0 Å². The van der Waals surface area contributed by atoms with Crippen molar-refractivity contribution in [1.29, 1.82) is 0 Å². The van der Waals surface area contributed by atoms with E-state index < -0.39 is 0 Å². The average molecular weight is 290 g/mol. The molecule has 2 unspecified atom stereocenters. The van der Waals surface area contributed by atoms with Crippen molar-refractivity contribution in [2.24, 2.45) is 11.8 Å². The minimum Gasteiger partial charge on any atom is -0.497 e. The molecule has 0 bridgehead atoms. The molecule has 2 atom stereocenters. The summed E-state index contributed by atoms with van der Waals surface area (Å²) in [6, 6.07) is 8.04. The van der Waals surface area contributed by atoms with Gasteiger partial charge in [0.1, 0.15) is 5.75 Å². The van der Waals surface area contributed by atoms with Gasteiger partial charge in [0.15, 0.2) is 0 Å². The molecule has 4 nitrogen and oxygen atoms in total. The molecule has 1 aromatic rings. The van der Waals surface area contributed by atoms with E-state index in [9.17, 15) is 4.79 Å². The number of methoxy groups -OCH3 is 1. The minimum absolute atomic E-state index is 0.0660. The molecule has 0 aliphatic carbocycles. The molecule has 116 valence electrons. The van der Waals surface area contributed by atoms with Gasteiger partial charge in [-0.3, -0.25) is 0 Å². The number of likely N-dealkylation sites (tertiary alicyclic amines) is 1. The Kier molecular flexibility index (Phi) is 5.48. The van der Waals surface area contributed by atoms with Crippen LogP contribution in [0.25, 0.3) is 0 Å². The zero-order chi connectivity index (χ0) is 15.2. The van der Waals surface area contributed by atoms with Gasteiger partial charge in [-0.1, -0.05) is 26.0 Å². The molecular formula is C17H26N2O2. The van der Waals surface area contributed by atoms with Gasteiger partial charge in [-0.15, -0.1) is 0 Å². The fourth-order valence-corrected chi connectivity index (χ4v) is 3.08. The Labute approximate surface area is 127 Å². The summed E-state index contributed by atoms with van der Waals surface area (Å²) < 4.78 is 5.21. The van der Waals surface area contributed by atoms with Crippen LogP contribution >= 0.6 is 0 Å². The third kappa shape index (κ3) is 4.66. The van der Waals surface area contributed by atoms with Crippen LogP contribution in [0, 0.1) is 11.8 Å². The van der Waals surface area contributed by atoms with Gasteiger partial charge in [-0.05, 0) is 42.4 Å². The molecule has 0 radical (unpaired) electrons. The van der Waals surface area contributed by atoms with E-state index in [-0.39, 0.29) is 6.03 Å². The third-order valence-corrected chi connectivity index (χ3v) is 3.98. The van der Waals surface area contributed by atoms with Crippen LogP contribution in [-0.2, 0) is 6.42 Å². The number of carbonyl (C=O) groups is 1. The number of nitrogens with zero attached hydrogens (tertiary/aromatic N) is 1. The van der Waals surface area contributed by atoms with Gasteiger partial charge in [0.25, 0.3) is 0 Å². The highest BCUT2D eigenvalue weighted by Gasteiger charge is 2.24. The first-order chi connectivity index (χ1) is 10.1. The van der Waals surface area contributed by atoms with Crippen molar-refractivity contribution in [2.45, 2.75) is 26.7 Å². The van der Waals surface area contributed by atoms with Gasteiger partial charge in [-0.25, -0.2) is 4.79 Å². The molecule has 0 aromatic heterocycles. The van der Waals surface area contributed by atoms with Crippen molar-refractivity contribution < 1.29 is 9.53 Å². The summed E-state index contributed by atoms with van der Waals surface area (Å²) in [4.78, 5) is 14.1. The first-order valence-electron chi connectivity index (χ1n) is 7.74. The second-order valence-corrected chi connectivity index (χ2v) is 6.18. The molecular weight excluding hydrogens is 264 g/mol. The molecule has 1 heterocycles. The first-order valence-corrected chi connectivity index (χ1v) is 7.74. The number of hydrogen-bond acceptors (Lipinski definition) is 2. The number of ether oxygens (including phenoxy) is 1. The lowest BCUT2D eigenvalue weighted by Crippen LogP contribution is -2.47. The van der Waals surface area contributed by atoms with Crippen molar-refractivity contribution in [3.8, 4) is 5.75 Å². The van der Waals surface area contributed by atoms with Crippen molar-refractivity contribution >= 4 is 6.03 Å². The van der Waals surface area contributed by atoms with Crippen LogP contribution < -0.4 is 10.1 Å². The fourth-order valence-electron chi connectivity index (χ4n) is 3.08. The van der Waals surface area contributed by atoms with Crippen LogP contribution in [0.1, 0.15) is 25.8 Å². The predicted octanol–water partition coefficient (Wildman–Crippen LogP) is 2.93. The second kappa shape index (κ2) is 7.34. The number of nitrogens with one attached hydrogen (secondary N) is 1. The maximum Gasteiger partial charge on any atom is 0.317 e. The smallest absolute Gasteiger partial charge is 0.317 e. The molecule has 4 heteroatoms. The van der Waals surface area contributed by atoms with Crippen LogP contribution in [0.2, 0.25) is 0 Å². The van der Waals surface area contributed by atoms with Gasteiger partial charge in [0.05, 0.1) is 7.11 Å². The summed E-state index contributed by atoms with van der Waals surface area (Å²) in [5.74, 6) is 2.05. The molecule has 1 N–H and O–H groups in total. The number of carbonyl (C=O) groups excluding carboxylic acids is 1. The topological polar surface area (TPSA) is 41.6 Å². The third-order valence-electron chi connectivity index (χ3n) is 3.98. The molecule has 21 heavy (non-hydrogen) atoms. The van der Waals surface area contributed by atoms with Gasteiger partial charge in [0, 0.05) is 19.6 Å². The highest BCUT2D eigenvalue weighted by Crippen LogP contribution is 2.20. The molecule has 1 fully saturated rings. The van der Waals surface area contributed by atoms with E-state index in [2.05, 4.69) is 25.2 Å². The lowest BCUT2D eigenvalue weighted by Gasteiger charge is -2.34. The molecule has 1 aliphatic rings. The monoisotopic (exact) mass is 290 g/mol. The zero-order valence-corrected chi connectivity index (χ0v) is 13.3. The normalized spacial score (nSPS) is 22.0. The lowest BCUT2D eigenvalue weighted by atomic mass is 9.92. The summed E-state index contributed by atoms with van der Waals surface area (Å²) >= 11 is 0. The molecule has 1 aromatic carbocycles. The zero-order valence-electron chi connectivity index (χ0n) is 13.3. The number of benzene rings is 1. The van der Waals surface area contributed by atoms with E-state index in [0.717, 1.165) is 25.3 Å². The van der Waals surface area contributed by atoms with Crippen molar-refractivity contribution in [3.05, 3.63) is 29.8 Å². The number of piperidine rings is 1. The van der Waals surface area contributed by atoms with E-state index >= 15 is 0 Å². The molecule has 2 rings (SSSR count). The second-order valence-electron chi connectivity index (χ2n) is 6.18. The van der Waals surface area contributed by atoms with Crippen LogP contribution in [0.5, 0.6) is 5.75 Å². The van der Waals surface area contributed by atoms with Crippen molar-refractivity contribution in [3.63, 3.8) is 0 Å². The fraction of sp³-hybridized carbons (Fsp3) is 0.588. The first kappa shape index (κ1) is 15.7. The van der Waals surface area contributed by atoms with Gasteiger partial charge >= 0.3 is 6.03 Å². The molecule has 1 aliphatic heterocycles. The number of rotatable bonds is 4. The van der Waals surface area contributed by atoms with E-state index in [1.807, 2.05) is 23.1 Å². The standard InChI is InChI=1S/C17H26N2O2/c1-13-9-14(2)12-19(11-13)17(20)18-8-7-15-5-4-6-16(10-15)21-3/h4-6,10,13-14H,7-9,11-12H2,1-3H3,(H,18,20). The molecule has 0 spiro atoms. The van der Waals surface area contributed by atoms with Crippen molar-refractivity contribution in [2.75, 3.05) is 26.7 Å². The number of hydrogen-bond donors (Lipinski definition) is 1. The van der Waals surface area contributed by atoms with E-state index in [4.69, 9.17) is 4.74 Å². The Bertz CT molecular complexity index is 466. The molecule has 1 saturated heterocycles. The summed E-state index contributed by atoms with van der Waals surface area (Å²) in [5.41, 5.74) is 1.18. The molecule has 0 saturated carbocycles. The Morgan fingerprint density at radius 1 is 1.33 bits per heavy atom. The SMILES string of the molecule is COc1cccc(CCNC(=O)N2CC(C)CC(C)C2)c1. The highest BCUT2D eigenvalue weighted by atomic mass is 16.5. The quantitative estimate of drug-likeness (QED) is 0.926. The van der Waals surface area contributed by atoms with Gasteiger partial charge in [0.2, 0.25) is 0 Å². The number of urea groups is 1. The minimum atomic E-state index is 0.0660. The highest BCUT2D eigenvalue weighted by molar-refractivity contribution is 5.74. The summed E-state index contributed by atoms with van der Waals surface area (Å²) in [6.07, 6.45) is 2.04. The van der Waals surface area contributed by atoms with Gasteiger partial charge < -0.3 is 15.0 Å². The Morgan fingerprint density at radius 3 is 2.71 bits per heavy atom. The maximum absolute atomic E-state index is 12.2. The molecule has 2 amide bonds. The van der Waals surface area contributed by atoms with Crippen LogP contribution in [0.3, 0.4) is 0 Å². The van der Waals surface area contributed by atoms with Crippen LogP contribution in [-0.4, -0.2) is 37.7 Å². The number of amides is 2. The van der Waals surface area contributed by atoms with Crippen molar-refractivity contribution in [1.82, 2.24) is 10.2 Å². The maximum atomic E-state index is 12.2. The van der Waals surface area contributed by atoms with Gasteiger partial charge in [-0.2, -0.15) is 0 Å². The van der Waals surface area contributed by atoms with Crippen LogP contribution in [0.15, 0.2) is 24.3 Å². The summed E-state index contributed by atoms with van der Waals surface area (Å²) in [7, 11) is 1.67. The average Bonchev–Trinajstić information content (AvgIpc) is 2.46. The Balaban J connectivity index is 1.78. The van der Waals surface area contributed by atoms with Crippen LogP contribution in [0.4, 0.5) is 4.79 Å². The predicted molar refractivity (Wildman–Crippen MR) is 84.6 cm³/mol. The summed E-state index contributed by atoms with van der Waals surface area (Å²) in [5, 5.41) is 3.03. The Morgan fingerprint density at radius 2 is 2.05 bits per heavy atom. The lowest BCUT2D eigenvalue weighted by molar-refractivity contribution is 0.146. The Hall–Kier alpha value is -1.71.